The number of carbonyl (C=O) groups is 4. The van der Waals surface area contributed by atoms with E-state index in [0.29, 0.717) is 12.2 Å². The molecule has 7 heteroatoms. The Kier molecular flexibility index (Phi) is 6.11. The first-order chi connectivity index (χ1) is 13.4. The van der Waals surface area contributed by atoms with Crippen LogP contribution < -0.4 is 4.90 Å². The summed E-state index contributed by atoms with van der Waals surface area (Å²) in [7, 11) is 0. The second-order valence-electron chi connectivity index (χ2n) is 7.31. The van der Waals surface area contributed by atoms with Gasteiger partial charge in [-0.05, 0) is 50.8 Å². The summed E-state index contributed by atoms with van der Waals surface area (Å²) in [5.74, 6) is -1.39. The van der Waals surface area contributed by atoms with E-state index in [4.69, 9.17) is 4.74 Å². The Morgan fingerprint density at radius 1 is 1.18 bits per heavy atom. The highest BCUT2D eigenvalue weighted by molar-refractivity contribution is 6.20. The van der Waals surface area contributed by atoms with E-state index in [1.165, 1.54) is 6.07 Å². The highest BCUT2D eigenvalue weighted by atomic mass is 16.5. The molecule has 0 saturated carbocycles. The van der Waals surface area contributed by atoms with Crippen LogP contribution in [-0.2, 0) is 19.1 Å². The summed E-state index contributed by atoms with van der Waals surface area (Å²) in [5, 5.41) is 0. The number of carbonyl (C=O) groups excluding carboxylic acids is 4. The van der Waals surface area contributed by atoms with Crippen molar-refractivity contribution in [1.82, 2.24) is 4.90 Å². The van der Waals surface area contributed by atoms with Crippen LogP contribution in [0.25, 0.3) is 0 Å². The van der Waals surface area contributed by atoms with Crippen molar-refractivity contribution >= 4 is 29.4 Å². The average Bonchev–Trinajstić information content (AvgIpc) is 3.05. The minimum absolute atomic E-state index is 0.174. The molecule has 7 nitrogen and oxygen atoms in total. The van der Waals surface area contributed by atoms with Crippen LogP contribution in [0.4, 0.5) is 5.69 Å². The second-order valence-corrected chi connectivity index (χ2v) is 7.31. The fraction of sp³-hybridized carbons (Fsp3) is 0.524. The van der Waals surface area contributed by atoms with E-state index in [9.17, 15) is 19.2 Å². The van der Waals surface area contributed by atoms with Gasteiger partial charge in [0.1, 0.15) is 0 Å². The molecule has 150 valence electrons. The number of piperidine rings is 1. The summed E-state index contributed by atoms with van der Waals surface area (Å²) >= 11 is 0. The Morgan fingerprint density at radius 3 is 2.57 bits per heavy atom. The van der Waals surface area contributed by atoms with Crippen molar-refractivity contribution in [3.8, 4) is 0 Å². The van der Waals surface area contributed by atoms with Crippen LogP contribution in [0, 0.1) is 0 Å². The van der Waals surface area contributed by atoms with Gasteiger partial charge in [0.25, 0.3) is 5.91 Å². The number of nitrogens with zero attached hydrogens (tertiary/aromatic N) is 2. The van der Waals surface area contributed by atoms with Crippen LogP contribution in [0.15, 0.2) is 24.3 Å². The summed E-state index contributed by atoms with van der Waals surface area (Å²) in [6, 6.07) is 6.39. The van der Waals surface area contributed by atoms with Crippen molar-refractivity contribution in [3.63, 3.8) is 0 Å². The molecule has 0 spiro atoms. The number of likely N-dealkylation sites (tertiary alicyclic amines) is 1. The number of amides is 3. The van der Waals surface area contributed by atoms with Crippen LogP contribution in [0.1, 0.15) is 62.7 Å². The minimum atomic E-state index is -0.890. The Balaban J connectivity index is 1.69. The third-order valence-electron chi connectivity index (χ3n) is 5.40. The van der Waals surface area contributed by atoms with E-state index >= 15 is 0 Å². The van der Waals surface area contributed by atoms with Gasteiger partial charge >= 0.3 is 5.97 Å². The molecular weight excluding hydrogens is 360 g/mol. The highest BCUT2D eigenvalue weighted by Crippen LogP contribution is 2.24. The summed E-state index contributed by atoms with van der Waals surface area (Å²) in [5.41, 5.74) is 0.554. The van der Waals surface area contributed by atoms with E-state index in [-0.39, 0.29) is 42.2 Å². The molecule has 2 aliphatic heterocycles. The zero-order chi connectivity index (χ0) is 20.3. The normalized spacial score (nSPS) is 21.0. The SMILES string of the molecule is CCC1CCCCN1C(=O)C(C)OC(=O)c1cccc(N2C(=O)CCC2=O)c1. The predicted octanol–water partition coefficient (Wildman–Crippen LogP) is 2.68. The van der Waals surface area contributed by atoms with Crippen molar-refractivity contribution in [1.29, 1.82) is 0 Å². The molecule has 0 aromatic heterocycles. The lowest BCUT2D eigenvalue weighted by Gasteiger charge is -2.36. The van der Waals surface area contributed by atoms with E-state index in [1.54, 1.807) is 25.1 Å². The maximum Gasteiger partial charge on any atom is 0.338 e. The monoisotopic (exact) mass is 386 g/mol. The number of hydrogen-bond acceptors (Lipinski definition) is 5. The molecular formula is C21H26N2O5. The Morgan fingerprint density at radius 2 is 1.89 bits per heavy atom. The van der Waals surface area contributed by atoms with Gasteiger partial charge in [-0.15, -0.1) is 0 Å². The van der Waals surface area contributed by atoms with E-state index in [1.807, 2.05) is 4.90 Å². The standard InChI is InChI=1S/C21H26N2O5/c1-3-16-8-4-5-12-22(16)20(26)14(2)28-21(27)15-7-6-9-17(13-15)23-18(24)10-11-19(23)25/h6-7,9,13-14,16H,3-5,8,10-12H2,1-2H3. The fourth-order valence-corrected chi connectivity index (χ4v) is 3.86. The third kappa shape index (κ3) is 4.08. The molecule has 2 heterocycles. The molecule has 0 aliphatic carbocycles. The van der Waals surface area contributed by atoms with Gasteiger partial charge in [0.05, 0.1) is 11.3 Å². The van der Waals surface area contributed by atoms with Gasteiger partial charge in [-0.3, -0.25) is 19.3 Å². The first-order valence-electron chi connectivity index (χ1n) is 9.89. The quantitative estimate of drug-likeness (QED) is 0.574. The lowest BCUT2D eigenvalue weighted by atomic mass is 9.99. The molecule has 1 aromatic carbocycles. The number of imide groups is 1. The molecule has 2 aliphatic rings. The molecule has 2 saturated heterocycles. The molecule has 28 heavy (non-hydrogen) atoms. The summed E-state index contributed by atoms with van der Waals surface area (Å²) in [6.45, 7) is 4.33. The van der Waals surface area contributed by atoms with Gasteiger partial charge in [0, 0.05) is 25.4 Å². The minimum Gasteiger partial charge on any atom is -0.449 e. The van der Waals surface area contributed by atoms with Gasteiger partial charge < -0.3 is 9.64 Å². The first-order valence-corrected chi connectivity index (χ1v) is 9.89. The number of ether oxygens (including phenoxy) is 1. The van der Waals surface area contributed by atoms with E-state index < -0.39 is 12.1 Å². The zero-order valence-corrected chi connectivity index (χ0v) is 16.3. The number of anilines is 1. The maximum absolute atomic E-state index is 12.7. The molecule has 3 amide bonds. The van der Waals surface area contributed by atoms with Gasteiger partial charge in [-0.2, -0.15) is 0 Å². The molecule has 3 rings (SSSR count). The van der Waals surface area contributed by atoms with Crippen LogP contribution >= 0.6 is 0 Å². The van der Waals surface area contributed by atoms with Crippen molar-refractivity contribution in [2.45, 2.75) is 64.5 Å². The fourth-order valence-electron chi connectivity index (χ4n) is 3.86. The zero-order valence-electron chi connectivity index (χ0n) is 16.3. The van der Waals surface area contributed by atoms with Crippen LogP contribution in [0.5, 0.6) is 0 Å². The van der Waals surface area contributed by atoms with Crippen LogP contribution in [0.3, 0.4) is 0 Å². The summed E-state index contributed by atoms with van der Waals surface area (Å²) < 4.78 is 5.40. The van der Waals surface area contributed by atoms with Gasteiger partial charge in [-0.25, -0.2) is 4.79 Å². The van der Waals surface area contributed by atoms with E-state index in [0.717, 1.165) is 30.6 Å². The third-order valence-corrected chi connectivity index (χ3v) is 5.40. The van der Waals surface area contributed by atoms with Crippen LogP contribution in [0.2, 0.25) is 0 Å². The molecule has 0 radical (unpaired) electrons. The summed E-state index contributed by atoms with van der Waals surface area (Å²) in [6.07, 6.45) is 3.38. The summed E-state index contributed by atoms with van der Waals surface area (Å²) in [4.78, 5) is 52.0. The second kappa shape index (κ2) is 8.54. The Bertz CT molecular complexity index is 775. The van der Waals surface area contributed by atoms with Crippen LogP contribution in [-0.4, -0.2) is 47.3 Å². The number of esters is 1. The van der Waals surface area contributed by atoms with Crippen molar-refractivity contribution in [2.24, 2.45) is 0 Å². The highest BCUT2D eigenvalue weighted by Gasteiger charge is 2.32. The van der Waals surface area contributed by atoms with Crippen molar-refractivity contribution in [3.05, 3.63) is 29.8 Å². The smallest absolute Gasteiger partial charge is 0.338 e. The van der Waals surface area contributed by atoms with E-state index in [2.05, 4.69) is 6.92 Å². The van der Waals surface area contributed by atoms with Crippen molar-refractivity contribution < 1.29 is 23.9 Å². The predicted molar refractivity (Wildman–Crippen MR) is 103 cm³/mol. The lowest BCUT2D eigenvalue weighted by molar-refractivity contribution is -0.143. The Labute approximate surface area is 164 Å². The average molecular weight is 386 g/mol. The molecule has 2 atom stereocenters. The van der Waals surface area contributed by atoms with Gasteiger partial charge in [0.2, 0.25) is 11.8 Å². The number of benzene rings is 1. The Hall–Kier alpha value is -2.70. The molecule has 0 bridgehead atoms. The maximum atomic E-state index is 12.7. The van der Waals surface area contributed by atoms with Crippen molar-refractivity contribution in [2.75, 3.05) is 11.4 Å². The molecule has 1 aromatic rings. The molecule has 0 N–H and O–H groups in total. The first kappa shape index (κ1) is 20.0. The molecule has 2 unspecified atom stereocenters. The lowest BCUT2D eigenvalue weighted by Crippen LogP contribution is -2.48. The number of hydrogen-bond donors (Lipinski definition) is 0. The molecule has 2 fully saturated rings. The number of rotatable bonds is 5. The largest absolute Gasteiger partial charge is 0.449 e. The van der Waals surface area contributed by atoms with Gasteiger partial charge in [-0.1, -0.05) is 13.0 Å². The topological polar surface area (TPSA) is 84.0 Å². The van der Waals surface area contributed by atoms with Gasteiger partial charge in [0.15, 0.2) is 6.10 Å².